The molecule has 0 aromatic heterocycles. The van der Waals surface area contributed by atoms with Crippen molar-refractivity contribution in [3.63, 3.8) is 0 Å². The molecule has 0 aliphatic rings. The van der Waals surface area contributed by atoms with Gasteiger partial charge in [0.15, 0.2) is 0 Å². The van der Waals surface area contributed by atoms with Gasteiger partial charge in [0.1, 0.15) is 5.75 Å². The number of hydrogen-bond donors (Lipinski definition) is 1. The highest BCUT2D eigenvalue weighted by molar-refractivity contribution is 5.34. The average molecular weight is 283 g/mol. The number of benzene rings is 2. The van der Waals surface area contributed by atoms with E-state index in [2.05, 4.69) is 56.4 Å². The first-order chi connectivity index (χ1) is 10.1. The molecule has 2 aromatic carbocycles. The minimum Gasteiger partial charge on any atom is -0.496 e. The second-order valence-electron chi connectivity index (χ2n) is 5.66. The molecule has 1 atom stereocenters. The third-order valence-electron chi connectivity index (χ3n) is 4.08. The van der Waals surface area contributed by atoms with Crippen LogP contribution in [0.2, 0.25) is 0 Å². The molecule has 1 N–H and O–H groups in total. The Morgan fingerprint density at radius 3 is 2.48 bits per heavy atom. The summed E-state index contributed by atoms with van der Waals surface area (Å²) in [5.41, 5.74) is 5.36. The van der Waals surface area contributed by atoms with Crippen LogP contribution in [0.3, 0.4) is 0 Å². The quantitative estimate of drug-likeness (QED) is 0.864. The van der Waals surface area contributed by atoms with Crippen molar-refractivity contribution in [2.24, 2.45) is 0 Å². The summed E-state index contributed by atoms with van der Waals surface area (Å²) in [5, 5.41) is 3.61. The van der Waals surface area contributed by atoms with Gasteiger partial charge in [-0.1, -0.05) is 36.4 Å². The van der Waals surface area contributed by atoms with E-state index in [1.807, 2.05) is 12.1 Å². The summed E-state index contributed by atoms with van der Waals surface area (Å²) in [5.74, 6) is 0.970. The van der Waals surface area contributed by atoms with Crippen LogP contribution in [-0.2, 0) is 13.0 Å². The summed E-state index contributed by atoms with van der Waals surface area (Å²) >= 11 is 0. The molecular weight excluding hydrogens is 258 g/mol. The lowest BCUT2D eigenvalue weighted by molar-refractivity contribution is 0.406. The molecule has 0 fully saturated rings. The van der Waals surface area contributed by atoms with E-state index in [9.17, 15) is 0 Å². The van der Waals surface area contributed by atoms with Crippen LogP contribution >= 0.6 is 0 Å². The summed E-state index contributed by atoms with van der Waals surface area (Å²) in [4.78, 5) is 0. The van der Waals surface area contributed by atoms with Crippen molar-refractivity contribution in [3.05, 3.63) is 64.7 Å². The molecule has 0 heterocycles. The van der Waals surface area contributed by atoms with Crippen LogP contribution in [-0.4, -0.2) is 13.2 Å². The van der Waals surface area contributed by atoms with Crippen molar-refractivity contribution in [2.75, 3.05) is 7.11 Å². The number of para-hydroxylation sites is 1. The molecule has 2 aromatic rings. The molecule has 0 spiro atoms. The van der Waals surface area contributed by atoms with Crippen molar-refractivity contribution in [1.29, 1.82) is 0 Å². The molecule has 0 saturated heterocycles. The minimum atomic E-state index is 0.404. The minimum absolute atomic E-state index is 0.404. The second kappa shape index (κ2) is 7.28. The van der Waals surface area contributed by atoms with Crippen LogP contribution in [0.5, 0.6) is 5.75 Å². The lowest BCUT2D eigenvalue weighted by atomic mass is 10.0. The van der Waals surface area contributed by atoms with Gasteiger partial charge in [0, 0.05) is 12.6 Å². The Hall–Kier alpha value is -1.80. The summed E-state index contributed by atoms with van der Waals surface area (Å²) in [6.07, 6.45) is 0.967. The van der Waals surface area contributed by atoms with Gasteiger partial charge < -0.3 is 10.1 Å². The number of methoxy groups -OCH3 is 1. The van der Waals surface area contributed by atoms with Crippen LogP contribution in [0.4, 0.5) is 0 Å². The van der Waals surface area contributed by atoms with Gasteiger partial charge in [-0.25, -0.2) is 0 Å². The van der Waals surface area contributed by atoms with Gasteiger partial charge in [0.25, 0.3) is 0 Å². The molecule has 2 nitrogen and oxygen atoms in total. The summed E-state index contributed by atoms with van der Waals surface area (Å²) < 4.78 is 5.42. The molecule has 2 rings (SSSR count). The van der Waals surface area contributed by atoms with Crippen LogP contribution in [0.25, 0.3) is 0 Å². The van der Waals surface area contributed by atoms with Crippen LogP contribution in [0, 0.1) is 13.8 Å². The van der Waals surface area contributed by atoms with Gasteiger partial charge in [0.2, 0.25) is 0 Å². The van der Waals surface area contributed by atoms with E-state index in [0.717, 1.165) is 18.7 Å². The van der Waals surface area contributed by atoms with Crippen LogP contribution in [0.15, 0.2) is 42.5 Å². The van der Waals surface area contributed by atoms with E-state index in [1.54, 1.807) is 7.11 Å². The van der Waals surface area contributed by atoms with E-state index in [1.165, 1.54) is 22.3 Å². The standard InChI is InChI=1S/C19H25NO/c1-14-8-7-10-18(16(14)3)13-20-15(2)12-17-9-5-6-11-19(17)21-4/h5-11,15,20H,12-13H2,1-4H3. The smallest absolute Gasteiger partial charge is 0.122 e. The van der Waals surface area contributed by atoms with E-state index in [0.29, 0.717) is 6.04 Å². The maximum atomic E-state index is 5.42. The van der Waals surface area contributed by atoms with E-state index in [4.69, 9.17) is 4.74 Å². The molecule has 1 unspecified atom stereocenters. The Labute approximate surface area is 128 Å². The topological polar surface area (TPSA) is 21.3 Å². The first-order valence-corrected chi connectivity index (χ1v) is 7.52. The molecule has 0 aliphatic heterocycles. The normalized spacial score (nSPS) is 12.2. The molecule has 0 amide bonds. The number of rotatable bonds is 6. The zero-order valence-electron chi connectivity index (χ0n) is 13.4. The van der Waals surface area contributed by atoms with Crippen molar-refractivity contribution < 1.29 is 4.74 Å². The predicted molar refractivity (Wildman–Crippen MR) is 88.9 cm³/mol. The first-order valence-electron chi connectivity index (χ1n) is 7.52. The Kier molecular flexibility index (Phi) is 5.40. The molecule has 0 bridgehead atoms. The van der Waals surface area contributed by atoms with Gasteiger partial charge in [-0.3, -0.25) is 0 Å². The van der Waals surface area contributed by atoms with Crippen molar-refractivity contribution in [1.82, 2.24) is 5.32 Å². The van der Waals surface area contributed by atoms with Crippen molar-refractivity contribution >= 4 is 0 Å². The first kappa shape index (κ1) is 15.6. The summed E-state index contributed by atoms with van der Waals surface area (Å²) in [6.45, 7) is 7.48. The zero-order chi connectivity index (χ0) is 15.2. The fraction of sp³-hybridized carbons (Fsp3) is 0.368. The third-order valence-corrected chi connectivity index (χ3v) is 4.08. The fourth-order valence-corrected chi connectivity index (χ4v) is 2.56. The Morgan fingerprint density at radius 2 is 1.71 bits per heavy atom. The molecular formula is C19H25NO. The highest BCUT2D eigenvalue weighted by Crippen LogP contribution is 2.19. The van der Waals surface area contributed by atoms with Gasteiger partial charge >= 0.3 is 0 Å². The van der Waals surface area contributed by atoms with E-state index >= 15 is 0 Å². The Morgan fingerprint density at radius 1 is 1.00 bits per heavy atom. The lowest BCUT2D eigenvalue weighted by Crippen LogP contribution is -2.28. The van der Waals surface area contributed by atoms with Gasteiger partial charge in [0.05, 0.1) is 7.11 Å². The van der Waals surface area contributed by atoms with Crippen LogP contribution < -0.4 is 10.1 Å². The van der Waals surface area contributed by atoms with Crippen molar-refractivity contribution in [3.8, 4) is 5.75 Å². The molecule has 0 aliphatic carbocycles. The largest absolute Gasteiger partial charge is 0.496 e. The molecule has 112 valence electrons. The molecule has 2 heteroatoms. The number of ether oxygens (including phenoxy) is 1. The highest BCUT2D eigenvalue weighted by atomic mass is 16.5. The second-order valence-corrected chi connectivity index (χ2v) is 5.66. The van der Waals surface area contributed by atoms with Gasteiger partial charge in [-0.2, -0.15) is 0 Å². The Bertz CT molecular complexity index is 592. The van der Waals surface area contributed by atoms with Crippen molar-refractivity contribution in [2.45, 2.75) is 39.8 Å². The number of nitrogens with one attached hydrogen (secondary N) is 1. The Balaban J connectivity index is 1.96. The maximum absolute atomic E-state index is 5.42. The molecule has 21 heavy (non-hydrogen) atoms. The summed E-state index contributed by atoms with van der Waals surface area (Å²) in [6, 6.07) is 15.1. The molecule has 0 radical (unpaired) electrons. The summed E-state index contributed by atoms with van der Waals surface area (Å²) in [7, 11) is 1.73. The fourth-order valence-electron chi connectivity index (χ4n) is 2.56. The highest BCUT2D eigenvalue weighted by Gasteiger charge is 2.08. The van der Waals surface area contributed by atoms with E-state index < -0.39 is 0 Å². The number of hydrogen-bond acceptors (Lipinski definition) is 2. The SMILES string of the molecule is COc1ccccc1CC(C)NCc1cccc(C)c1C. The lowest BCUT2D eigenvalue weighted by Gasteiger charge is -2.17. The van der Waals surface area contributed by atoms with Gasteiger partial charge in [-0.05, 0) is 55.5 Å². The number of aryl methyl sites for hydroxylation is 1. The average Bonchev–Trinajstić information content (AvgIpc) is 2.49. The molecule has 0 saturated carbocycles. The monoisotopic (exact) mass is 283 g/mol. The third kappa shape index (κ3) is 4.08. The van der Waals surface area contributed by atoms with Gasteiger partial charge in [-0.15, -0.1) is 0 Å². The van der Waals surface area contributed by atoms with Crippen LogP contribution in [0.1, 0.15) is 29.2 Å². The predicted octanol–water partition coefficient (Wildman–Crippen LogP) is 4.03. The van der Waals surface area contributed by atoms with E-state index in [-0.39, 0.29) is 0 Å². The zero-order valence-corrected chi connectivity index (χ0v) is 13.4. The maximum Gasteiger partial charge on any atom is 0.122 e.